The van der Waals surface area contributed by atoms with E-state index >= 15 is 0 Å². The van der Waals surface area contributed by atoms with E-state index in [2.05, 4.69) is 4.18 Å². The van der Waals surface area contributed by atoms with E-state index in [0.717, 1.165) is 5.56 Å². The van der Waals surface area contributed by atoms with E-state index in [1.807, 2.05) is 6.92 Å². The molecule has 0 aliphatic rings. The first-order chi connectivity index (χ1) is 8.10. The summed E-state index contributed by atoms with van der Waals surface area (Å²) in [4.78, 5) is 11.2. The van der Waals surface area contributed by atoms with Crippen LogP contribution in [0.3, 0.4) is 0 Å². The van der Waals surface area contributed by atoms with Crippen molar-refractivity contribution >= 4 is 16.3 Å². The Morgan fingerprint density at radius 3 is 2.06 bits per heavy atom. The molecule has 1 aromatic carbocycles. The SMILES string of the molecule is Cc1ccc(S(=O)(=O)OC(=O)OC(C)(C)C)cc1. The lowest BCUT2D eigenvalue weighted by Crippen LogP contribution is -2.26. The number of hydrogen-bond acceptors (Lipinski definition) is 5. The Morgan fingerprint density at radius 2 is 1.61 bits per heavy atom. The van der Waals surface area contributed by atoms with E-state index in [9.17, 15) is 13.2 Å². The van der Waals surface area contributed by atoms with Gasteiger partial charge in [0.1, 0.15) is 10.5 Å². The minimum Gasteiger partial charge on any atom is -0.428 e. The van der Waals surface area contributed by atoms with Crippen LogP contribution in [0.15, 0.2) is 29.2 Å². The number of hydrogen-bond donors (Lipinski definition) is 0. The lowest BCUT2D eigenvalue weighted by atomic mass is 10.2. The van der Waals surface area contributed by atoms with Gasteiger partial charge in [-0.15, -0.1) is 0 Å². The number of benzene rings is 1. The number of aryl methyl sites for hydroxylation is 1. The van der Waals surface area contributed by atoms with E-state index < -0.39 is 21.9 Å². The van der Waals surface area contributed by atoms with E-state index in [4.69, 9.17) is 4.74 Å². The third kappa shape index (κ3) is 4.37. The molecule has 0 spiro atoms. The van der Waals surface area contributed by atoms with Gasteiger partial charge in [-0.3, -0.25) is 0 Å². The zero-order valence-corrected chi connectivity index (χ0v) is 11.6. The van der Waals surface area contributed by atoms with Crippen molar-refractivity contribution in [3.05, 3.63) is 29.8 Å². The summed E-state index contributed by atoms with van der Waals surface area (Å²) < 4.78 is 32.6. The van der Waals surface area contributed by atoms with Crippen LogP contribution >= 0.6 is 0 Å². The van der Waals surface area contributed by atoms with Crippen molar-refractivity contribution in [2.45, 2.75) is 38.2 Å². The Balaban J connectivity index is 2.83. The predicted molar refractivity (Wildman–Crippen MR) is 65.7 cm³/mol. The second-order valence-electron chi connectivity index (χ2n) is 4.81. The predicted octanol–water partition coefficient (Wildman–Crippen LogP) is 2.64. The molecule has 100 valence electrons. The van der Waals surface area contributed by atoms with Gasteiger partial charge in [0.2, 0.25) is 0 Å². The van der Waals surface area contributed by atoms with Gasteiger partial charge in [-0.1, -0.05) is 17.7 Å². The molecule has 1 rings (SSSR count). The number of rotatable bonds is 2. The Morgan fingerprint density at radius 1 is 1.11 bits per heavy atom. The molecular formula is C12H16O5S. The molecule has 0 saturated heterocycles. The Hall–Kier alpha value is -1.56. The summed E-state index contributed by atoms with van der Waals surface area (Å²) in [5.74, 6) is 0. The van der Waals surface area contributed by atoms with Crippen molar-refractivity contribution in [2.75, 3.05) is 0 Å². The average molecular weight is 272 g/mol. The van der Waals surface area contributed by atoms with Crippen LogP contribution in [0.25, 0.3) is 0 Å². The third-order valence-corrected chi connectivity index (χ3v) is 3.08. The summed E-state index contributed by atoms with van der Waals surface area (Å²) in [6, 6.07) is 5.97. The first kappa shape index (κ1) is 14.5. The van der Waals surface area contributed by atoms with Crippen molar-refractivity contribution in [3.8, 4) is 0 Å². The highest BCUT2D eigenvalue weighted by atomic mass is 32.2. The molecule has 0 radical (unpaired) electrons. The van der Waals surface area contributed by atoms with Gasteiger partial charge >= 0.3 is 16.3 Å². The molecule has 0 amide bonds. The molecule has 0 atom stereocenters. The highest BCUT2D eigenvalue weighted by Crippen LogP contribution is 2.16. The quantitative estimate of drug-likeness (QED) is 0.611. The molecule has 0 bridgehead atoms. The standard InChI is InChI=1S/C12H16O5S/c1-9-5-7-10(8-6-9)18(14,15)17-11(13)16-12(2,3)4/h5-8H,1-4H3. The molecule has 0 heterocycles. The van der Waals surface area contributed by atoms with Crippen molar-refractivity contribution in [1.82, 2.24) is 0 Å². The average Bonchev–Trinajstić information content (AvgIpc) is 2.13. The molecule has 0 fully saturated rings. The number of ether oxygens (including phenoxy) is 1. The summed E-state index contributed by atoms with van der Waals surface area (Å²) >= 11 is 0. The summed E-state index contributed by atoms with van der Waals surface area (Å²) in [7, 11) is -4.12. The van der Waals surface area contributed by atoms with Crippen LogP contribution in [0.2, 0.25) is 0 Å². The minimum atomic E-state index is -4.12. The van der Waals surface area contributed by atoms with Crippen LogP contribution in [0.1, 0.15) is 26.3 Å². The van der Waals surface area contributed by atoms with Crippen LogP contribution in [0.5, 0.6) is 0 Å². The minimum absolute atomic E-state index is 0.0843. The van der Waals surface area contributed by atoms with Crippen LogP contribution in [0.4, 0.5) is 4.79 Å². The van der Waals surface area contributed by atoms with E-state index in [1.165, 1.54) is 12.1 Å². The van der Waals surface area contributed by atoms with Gasteiger partial charge in [-0.25, -0.2) is 4.79 Å². The van der Waals surface area contributed by atoms with Crippen LogP contribution in [-0.4, -0.2) is 20.2 Å². The van der Waals surface area contributed by atoms with Gasteiger partial charge in [0, 0.05) is 0 Å². The molecule has 0 N–H and O–H groups in total. The number of carbonyl (C=O) groups is 1. The van der Waals surface area contributed by atoms with Crippen molar-refractivity contribution in [3.63, 3.8) is 0 Å². The molecule has 0 aromatic heterocycles. The fraction of sp³-hybridized carbons (Fsp3) is 0.417. The van der Waals surface area contributed by atoms with Crippen molar-refractivity contribution < 1.29 is 22.1 Å². The fourth-order valence-electron chi connectivity index (χ4n) is 1.11. The zero-order chi connectivity index (χ0) is 14.0. The molecule has 18 heavy (non-hydrogen) atoms. The van der Waals surface area contributed by atoms with Gasteiger partial charge in [-0.2, -0.15) is 8.42 Å². The van der Waals surface area contributed by atoms with Gasteiger partial charge in [-0.05, 0) is 39.8 Å². The third-order valence-electron chi connectivity index (χ3n) is 1.88. The molecule has 0 aliphatic carbocycles. The highest BCUT2D eigenvalue weighted by molar-refractivity contribution is 7.87. The van der Waals surface area contributed by atoms with E-state index in [-0.39, 0.29) is 4.90 Å². The fourth-order valence-corrected chi connectivity index (χ4v) is 1.89. The maximum atomic E-state index is 11.7. The summed E-state index contributed by atoms with van der Waals surface area (Å²) in [6.45, 7) is 6.68. The molecule has 1 aromatic rings. The maximum absolute atomic E-state index is 11.7. The first-order valence-electron chi connectivity index (χ1n) is 5.34. The van der Waals surface area contributed by atoms with E-state index in [0.29, 0.717) is 0 Å². The van der Waals surface area contributed by atoms with Crippen molar-refractivity contribution in [1.29, 1.82) is 0 Å². The summed E-state index contributed by atoms with van der Waals surface area (Å²) in [5.41, 5.74) is 0.103. The summed E-state index contributed by atoms with van der Waals surface area (Å²) in [5, 5.41) is 0. The zero-order valence-electron chi connectivity index (χ0n) is 10.8. The van der Waals surface area contributed by atoms with Crippen LogP contribution < -0.4 is 0 Å². The molecule has 0 unspecified atom stereocenters. The molecule has 0 aliphatic heterocycles. The topological polar surface area (TPSA) is 69.7 Å². The van der Waals surface area contributed by atoms with Crippen LogP contribution in [0, 0.1) is 6.92 Å². The van der Waals surface area contributed by atoms with Gasteiger partial charge < -0.3 is 8.92 Å². The van der Waals surface area contributed by atoms with Gasteiger partial charge in [0.25, 0.3) is 0 Å². The van der Waals surface area contributed by atoms with E-state index in [1.54, 1.807) is 32.9 Å². The Labute approximate surface area is 107 Å². The van der Waals surface area contributed by atoms with Gasteiger partial charge in [0.15, 0.2) is 0 Å². The lowest BCUT2D eigenvalue weighted by Gasteiger charge is -2.18. The first-order valence-corrected chi connectivity index (χ1v) is 6.75. The smallest absolute Gasteiger partial charge is 0.428 e. The molecular weight excluding hydrogens is 256 g/mol. The molecule has 0 saturated carbocycles. The Bertz CT molecular complexity index is 523. The second kappa shape index (κ2) is 4.97. The van der Waals surface area contributed by atoms with Crippen LogP contribution in [-0.2, 0) is 19.0 Å². The highest BCUT2D eigenvalue weighted by Gasteiger charge is 2.25. The molecule has 6 heteroatoms. The largest absolute Gasteiger partial charge is 0.525 e. The van der Waals surface area contributed by atoms with Crippen molar-refractivity contribution in [2.24, 2.45) is 0 Å². The monoisotopic (exact) mass is 272 g/mol. The van der Waals surface area contributed by atoms with Gasteiger partial charge in [0.05, 0.1) is 0 Å². The summed E-state index contributed by atoms with van der Waals surface area (Å²) in [6.07, 6.45) is -1.23. The maximum Gasteiger partial charge on any atom is 0.525 e. The Kier molecular flexibility index (Phi) is 4.01. The normalized spacial score (nSPS) is 12.0. The molecule has 5 nitrogen and oxygen atoms in total. The second-order valence-corrected chi connectivity index (χ2v) is 6.36. The number of carbonyl (C=O) groups excluding carboxylic acids is 1. The lowest BCUT2D eigenvalue weighted by molar-refractivity contribution is 0.0222.